The normalized spacial score (nSPS) is 18.9. The first-order valence-electron chi connectivity index (χ1n) is 8.58. The van der Waals surface area contributed by atoms with Gasteiger partial charge in [0.05, 0.1) is 0 Å². The standard InChI is InChI=1S/C20H22N2O2.ClH/c1-14-12-21-10-11-22(14)20(23)24-13-19-17-8-4-2-6-15(17)16-7-3-5-9-18(16)19;/h2-9,14,19,21H,10-13H2,1H3;1H. The molecule has 0 aromatic heterocycles. The fourth-order valence-electron chi connectivity index (χ4n) is 3.79. The third-order valence-corrected chi connectivity index (χ3v) is 5.07. The molecule has 4 rings (SSSR count). The lowest BCUT2D eigenvalue weighted by atomic mass is 9.98. The molecule has 2 aromatic rings. The predicted octanol–water partition coefficient (Wildman–Crippen LogP) is 3.65. The van der Waals surface area contributed by atoms with Crippen LogP contribution >= 0.6 is 12.4 Å². The lowest BCUT2D eigenvalue weighted by Crippen LogP contribution is -2.52. The molecule has 1 N–H and O–H groups in total. The van der Waals surface area contributed by atoms with Crippen LogP contribution in [0, 0.1) is 0 Å². The molecule has 1 aliphatic heterocycles. The molecule has 2 aromatic carbocycles. The van der Waals surface area contributed by atoms with Gasteiger partial charge in [0.15, 0.2) is 0 Å². The third kappa shape index (κ3) is 3.24. The number of carbonyl (C=O) groups excluding carboxylic acids is 1. The van der Waals surface area contributed by atoms with E-state index < -0.39 is 0 Å². The number of hydrogen-bond donors (Lipinski definition) is 1. The Morgan fingerprint density at radius 1 is 1.12 bits per heavy atom. The highest BCUT2D eigenvalue weighted by molar-refractivity contribution is 5.85. The highest BCUT2D eigenvalue weighted by Crippen LogP contribution is 2.44. The largest absolute Gasteiger partial charge is 0.448 e. The Labute approximate surface area is 154 Å². The monoisotopic (exact) mass is 358 g/mol. The van der Waals surface area contributed by atoms with Gasteiger partial charge in [-0.1, -0.05) is 48.5 Å². The number of halogens is 1. The van der Waals surface area contributed by atoms with Crippen LogP contribution in [0.1, 0.15) is 24.0 Å². The molecule has 1 saturated heterocycles. The summed E-state index contributed by atoms with van der Waals surface area (Å²) in [5.41, 5.74) is 5.01. The number of rotatable bonds is 2. The van der Waals surface area contributed by atoms with E-state index >= 15 is 0 Å². The Morgan fingerprint density at radius 2 is 1.72 bits per heavy atom. The molecule has 1 fully saturated rings. The van der Waals surface area contributed by atoms with E-state index in [9.17, 15) is 4.79 Å². The number of carbonyl (C=O) groups is 1. The average molecular weight is 359 g/mol. The maximum Gasteiger partial charge on any atom is 0.410 e. The molecular weight excluding hydrogens is 336 g/mol. The van der Waals surface area contributed by atoms with Crippen LogP contribution in [-0.2, 0) is 4.74 Å². The summed E-state index contributed by atoms with van der Waals surface area (Å²) in [7, 11) is 0. The fraction of sp³-hybridized carbons (Fsp3) is 0.350. The molecular formula is C20H23ClN2O2. The summed E-state index contributed by atoms with van der Waals surface area (Å²) in [6.45, 7) is 4.80. The number of amides is 1. The second-order valence-electron chi connectivity index (χ2n) is 6.55. The van der Waals surface area contributed by atoms with Gasteiger partial charge < -0.3 is 15.0 Å². The molecule has 1 amide bonds. The van der Waals surface area contributed by atoms with Crippen LogP contribution in [0.25, 0.3) is 11.1 Å². The minimum atomic E-state index is -0.203. The minimum Gasteiger partial charge on any atom is -0.448 e. The van der Waals surface area contributed by atoms with Crippen LogP contribution in [0.2, 0.25) is 0 Å². The van der Waals surface area contributed by atoms with E-state index in [0.717, 1.165) is 13.1 Å². The first-order valence-corrected chi connectivity index (χ1v) is 8.58. The van der Waals surface area contributed by atoms with E-state index in [1.165, 1.54) is 22.3 Å². The average Bonchev–Trinajstić information content (AvgIpc) is 2.94. The molecule has 1 atom stereocenters. The second kappa shape index (κ2) is 7.46. The number of nitrogens with one attached hydrogen (secondary N) is 1. The smallest absolute Gasteiger partial charge is 0.410 e. The predicted molar refractivity (Wildman–Crippen MR) is 101 cm³/mol. The van der Waals surface area contributed by atoms with Crippen molar-refractivity contribution in [2.75, 3.05) is 26.2 Å². The quantitative estimate of drug-likeness (QED) is 0.890. The van der Waals surface area contributed by atoms with Gasteiger partial charge in [-0.3, -0.25) is 0 Å². The number of hydrogen-bond acceptors (Lipinski definition) is 3. The van der Waals surface area contributed by atoms with E-state index in [-0.39, 0.29) is 30.5 Å². The van der Waals surface area contributed by atoms with E-state index in [4.69, 9.17) is 4.74 Å². The van der Waals surface area contributed by atoms with Gasteiger partial charge in [0, 0.05) is 31.6 Å². The Balaban J connectivity index is 0.00000182. The molecule has 132 valence electrons. The van der Waals surface area contributed by atoms with Gasteiger partial charge in [0.1, 0.15) is 6.61 Å². The molecule has 1 aliphatic carbocycles. The van der Waals surface area contributed by atoms with Crippen molar-refractivity contribution >= 4 is 18.5 Å². The molecule has 1 unspecified atom stereocenters. The molecule has 0 radical (unpaired) electrons. The third-order valence-electron chi connectivity index (χ3n) is 5.07. The van der Waals surface area contributed by atoms with Crippen molar-refractivity contribution < 1.29 is 9.53 Å². The Kier molecular flexibility index (Phi) is 5.30. The molecule has 0 saturated carbocycles. The number of piperazine rings is 1. The van der Waals surface area contributed by atoms with Crippen LogP contribution in [0.5, 0.6) is 0 Å². The number of ether oxygens (including phenoxy) is 1. The Hall–Kier alpha value is -2.04. The van der Waals surface area contributed by atoms with E-state index in [1.807, 2.05) is 11.8 Å². The molecule has 1 heterocycles. The summed E-state index contributed by atoms with van der Waals surface area (Å²) in [6.07, 6.45) is -0.203. The van der Waals surface area contributed by atoms with Crippen molar-refractivity contribution in [3.63, 3.8) is 0 Å². The van der Waals surface area contributed by atoms with Crippen LogP contribution in [0.4, 0.5) is 4.79 Å². The summed E-state index contributed by atoms with van der Waals surface area (Å²) < 4.78 is 5.71. The molecule has 25 heavy (non-hydrogen) atoms. The van der Waals surface area contributed by atoms with E-state index in [2.05, 4.69) is 53.8 Å². The lowest BCUT2D eigenvalue weighted by Gasteiger charge is -2.33. The highest BCUT2D eigenvalue weighted by Gasteiger charge is 2.30. The lowest BCUT2D eigenvalue weighted by molar-refractivity contribution is 0.0792. The summed E-state index contributed by atoms with van der Waals surface area (Å²) >= 11 is 0. The van der Waals surface area contributed by atoms with Gasteiger partial charge in [-0.05, 0) is 29.2 Å². The SMILES string of the molecule is CC1CNCCN1C(=O)OCC1c2ccccc2-c2ccccc21.Cl. The van der Waals surface area contributed by atoms with Crippen LogP contribution in [-0.4, -0.2) is 43.3 Å². The second-order valence-corrected chi connectivity index (χ2v) is 6.55. The fourth-order valence-corrected chi connectivity index (χ4v) is 3.79. The van der Waals surface area contributed by atoms with Crippen molar-refractivity contribution in [1.29, 1.82) is 0 Å². The zero-order valence-corrected chi connectivity index (χ0v) is 15.1. The van der Waals surface area contributed by atoms with Crippen LogP contribution in [0.15, 0.2) is 48.5 Å². The van der Waals surface area contributed by atoms with Crippen molar-refractivity contribution in [2.24, 2.45) is 0 Å². The van der Waals surface area contributed by atoms with Gasteiger partial charge in [0.25, 0.3) is 0 Å². The maximum atomic E-state index is 12.5. The zero-order chi connectivity index (χ0) is 16.5. The van der Waals surface area contributed by atoms with Crippen molar-refractivity contribution in [1.82, 2.24) is 10.2 Å². The molecule has 5 heteroatoms. The zero-order valence-electron chi connectivity index (χ0n) is 14.3. The molecule has 2 aliphatic rings. The van der Waals surface area contributed by atoms with Crippen molar-refractivity contribution in [3.8, 4) is 11.1 Å². The number of benzene rings is 2. The summed E-state index contributed by atoms with van der Waals surface area (Å²) in [5.74, 6) is 0.125. The Bertz CT molecular complexity index is 719. The van der Waals surface area contributed by atoms with Crippen molar-refractivity contribution in [2.45, 2.75) is 18.9 Å². The highest BCUT2D eigenvalue weighted by atomic mass is 35.5. The van der Waals surface area contributed by atoms with Gasteiger partial charge in [-0.25, -0.2) is 4.79 Å². The van der Waals surface area contributed by atoms with E-state index in [1.54, 1.807) is 0 Å². The number of fused-ring (bicyclic) bond motifs is 3. The van der Waals surface area contributed by atoms with Gasteiger partial charge in [0.2, 0.25) is 0 Å². The van der Waals surface area contributed by atoms with Gasteiger partial charge in [-0.15, -0.1) is 12.4 Å². The van der Waals surface area contributed by atoms with Crippen LogP contribution in [0.3, 0.4) is 0 Å². The topological polar surface area (TPSA) is 41.6 Å². The maximum absolute atomic E-state index is 12.5. The van der Waals surface area contributed by atoms with Gasteiger partial charge >= 0.3 is 6.09 Å². The molecule has 0 spiro atoms. The van der Waals surface area contributed by atoms with Crippen molar-refractivity contribution in [3.05, 3.63) is 59.7 Å². The summed E-state index contributed by atoms with van der Waals surface area (Å²) in [5, 5.41) is 3.29. The van der Waals surface area contributed by atoms with Crippen LogP contribution < -0.4 is 5.32 Å². The van der Waals surface area contributed by atoms with Gasteiger partial charge in [-0.2, -0.15) is 0 Å². The number of nitrogens with zero attached hydrogens (tertiary/aromatic N) is 1. The summed E-state index contributed by atoms with van der Waals surface area (Å²) in [6, 6.07) is 17.0. The minimum absolute atomic E-state index is 0. The first kappa shape index (κ1) is 17.8. The van der Waals surface area contributed by atoms with E-state index in [0.29, 0.717) is 13.2 Å². The first-order chi connectivity index (χ1) is 11.8. The summed E-state index contributed by atoms with van der Waals surface area (Å²) in [4.78, 5) is 14.3. The Morgan fingerprint density at radius 3 is 2.32 bits per heavy atom. The molecule has 4 nitrogen and oxygen atoms in total. The molecule has 0 bridgehead atoms.